The zero-order valence-corrected chi connectivity index (χ0v) is 13.7. The summed E-state index contributed by atoms with van der Waals surface area (Å²) in [5, 5.41) is 12.8. The molecule has 1 aromatic rings. The van der Waals surface area contributed by atoms with Gasteiger partial charge in [0.25, 0.3) is 0 Å². The average Bonchev–Trinajstić information content (AvgIpc) is 2.72. The number of ether oxygens (including phenoxy) is 2. The minimum Gasteiger partial charge on any atom is -0.467 e. The number of carbonyl (C=O) groups is 1. The Morgan fingerprint density at radius 2 is 1.62 bits per heavy atom. The van der Waals surface area contributed by atoms with E-state index in [0.29, 0.717) is 22.5 Å². The van der Waals surface area contributed by atoms with Crippen molar-refractivity contribution in [2.75, 3.05) is 7.05 Å². The first-order valence-corrected chi connectivity index (χ1v) is 6.99. The lowest BCUT2D eigenvalue weighted by molar-refractivity contribution is 0.0278. The third kappa shape index (κ3) is 2.51. The number of rotatable bonds is 3. The van der Waals surface area contributed by atoms with Gasteiger partial charge in [0.05, 0.1) is 0 Å². The summed E-state index contributed by atoms with van der Waals surface area (Å²) < 4.78 is 11.6. The second kappa shape index (κ2) is 4.88. The number of nitrogens with one attached hydrogen (secondary N) is 1. The molecule has 5 nitrogen and oxygen atoms in total. The quantitative estimate of drug-likeness (QED) is 0.328. The first-order chi connectivity index (χ1) is 9.52. The molecule has 10 heteroatoms. The van der Waals surface area contributed by atoms with E-state index in [-0.39, 0.29) is 5.78 Å². The Morgan fingerprint density at radius 1 is 1.14 bits per heavy atom. The molecule has 1 heterocycles. The van der Waals surface area contributed by atoms with Gasteiger partial charge < -0.3 is 14.6 Å². The molecule has 106 valence electrons. The highest BCUT2D eigenvalue weighted by molar-refractivity contribution is 6.56. The number of benzene rings is 1. The van der Waals surface area contributed by atoms with Gasteiger partial charge in [0.2, 0.25) is 5.78 Å². The number of carbonyl (C=O) groups excluding carboxylic acids is 1. The third-order valence-electron chi connectivity index (χ3n) is 4.05. The maximum absolute atomic E-state index is 12.6. The molecule has 1 aromatic carbocycles. The normalized spacial score (nSPS) is 18.2. The largest absolute Gasteiger partial charge is 0.467 e. The van der Waals surface area contributed by atoms with Crippen LogP contribution in [-0.4, -0.2) is 68.5 Å². The maximum atomic E-state index is 12.6. The van der Waals surface area contributed by atoms with Crippen LogP contribution in [0.15, 0.2) is 0 Å². The fourth-order valence-corrected chi connectivity index (χ4v) is 2.55. The van der Waals surface area contributed by atoms with E-state index in [1.807, 2.05) is 39.2 Å². The molecule has 0 aliphatic carbocycles. The van der Waals surface area contributed by atoms with Gasteiger partial charge in [-0.2, -0.15) is 0 Å². The number of Topliss-reactive ketones (excluding diaryl/α,β-unsaturated/α-hetero) is 1. The van der Waals surface area contributed by atoms with Crippen molar-refractivity contribution in [1.82, 2.24) is 5.32 Å². The minimum atomic E-state index is -1.62. The molecule has 0 unspecified atom stereocenters. The molecule has 1 atom stereocenters. The van der Waals surface area contributed by atoms with E-state index in [4.69, 9.17) is 9.47 Å². The number of likely N-dealkylation sites (N-methyl/N-ethyl adjacent to an activating group) is 1. The second-order valence-corrected chi connectivity index (χ2v) is 6.16. The van der Waals surface area contributed by atoms with Gasteiger partial charge >= 0.3 is 0 Å². The monoisotopic (exact) mass is 283 g/mol. The highest BCUT2D eigenvalue weighted by Gasteiger charge is 2.38. The summed E-state index contributed by atoms with van der Waals surface area (Å²) in [4.78, 5) is 12.6. The van der Waals surface area contributed by atoms with Crippen molar-refractivity contribution in [2.45, 2.75) is 18.2 Å². The lowest BCUT2D eigenvalue weighted by Gasteiger charge is -2.24. The van der Waals surface area contributed by atoms with Crippen molar-refractivity contribution in [3.8, 4) is 11.5 Å². The standard InChI is InChI=1S/C11H18B5NO4/c1-10(19,17-2)9(18)3-4(12)6(14)8-7(5(3)13)20-11(15,16)21-8/h17,19H,12-16H2,1-2H3/t10-/m0/s1. The van der Waals surface area contributed by atoms with Crippen molar-refractivity contribution in [3.05, 3.63) is 5.56 Å². The predicted octanol–water partition coefficient (Wildman–Crippen LogP) is -6.78. The van der Waals surface area contributed by atoms with Gasteiger partial charge in [-0.25, -0.2) is 0 Å². The Morgan fingerprint density at radius 3 is 2.10 bits per heavy atom. The molecule has 1 aliphatic heterocycles. The summed E-state index contributed by atoms with van der Waals surface area (Å²) >= 11 is 0. The summed E-state index contributed by atoms with van der Waals surface area (Å²) in [6.45, 7) is 1.44. The van der Waals surface area contributed by atoms with Crippen LogP contribution in [0.1, 0.15) is 17.3 Å². The summed E-state index contributed by atoms with van der Waals surface area (Å²) in [6.07, 6.45) is 0. The highest BCUT2D eigenvalue weighted by Crippen LogP contribution is 2.33. The Kier molecular flexibility index (Phi) is 3.75. The number of ketones is 1. The SMILES string of the molecule is Bc1c(B)c(C(=O)[C@](C)(O)NC)c(B)c2c1OC(B)(B)O2. The number of hydrogen-bond donors (Lipinski definition) is 2. The molecule has 2 N–H and O–H groups in total. The van der Waals surface area contributed by atoms with Gasteiger partial charge in [-0.15, -0.1) is 0 Å². The Balaban J connectivity index is 2.67. The molecule has 0 aromatic heterocycles. The molecule has 0 fully saturated rings. The lowest BCUT2D eigenvalue weighted by Crippen LogP contribution is -2.52. The average molecular weight is 282 g/mol. The molecule has 0 radical (unpaired) electrons. The van der Waals surface area contributed by atoms with Crippen LogP contribution in [0.5, 0.6) is 11.5 Å². The van der Waals surface area contributed by atoms with Crippen molar-refractivity contribution >= 4 is 61.4 Å². The van der Waals surface area contributed by atoms with Crippen molar-refractivity contribution in [3.63, 3.8) is 0 Å². The highest BCUT2D eigenvalue weighted by atomic mass is 16.7. The van der Waals surface area contributed by atoms with Gasteiger partial charge in [-0.1, -0.05) is 5.46 Å². The summed E-state index contributed by atoms with van der Waals surface area (Å²) in [5.41, 5.74) is 0.457. The maximum Gasteiger partial charge on any atom is 0.208 e. The van der Waals surface area contributed by atoms with Gasteiger partial charge in [0.15, 0.2) is 38.5 Å². The molecule has 21 heavy (non-hydrogen) atoms. The molecule has 0 saturated carbocycles. The van der Waals surface area contributed by atoms with Crippen LogP contribution >= 0.6 is 0 Å². The van der Waals surface area contributed by atoms with E-state index >= 15 is 0 Å². The van der Waals surface area contributed by atoms with E-state index in [1.54, 1.807) is 7.05 Å². The number of aliphatic hydroxyl groups is 1. The van der Waals surface area contributed by atoms with E-state index in [0.717, 1.165) is 10.9 Å². The molecule has 0 spiro atoms. The molecule has 1 aliphatic rings. The van der Waals surface area contributed by atoms with Crippen molar-refractivity contribution in [1.29, 1.82) is 0 Å². The van der Waals surface area contributed by atoms with E-state index in [1.165, 1.54) is 6.92 Å². The van der Waals surface area contributed by atoms with Crippen LogP contribution in [-0.2, 0) is 0 Å². The lowest BCUT2D eigenvalue weighted by atomic mass is 9.70. The van der Waals surface area contributed by atoms with Crippen LogP contribution in [0, 0.1) is 0 Å². The summed E-state index contributed by atoms with van der Waals surface area (Å²) in [6, 6.07) is 0. The van der Waals surface area contributed by atoms with E-state index in [9.17, 15) is 9.90 Å². The number of fused-ring (bicyclic) bond motifs is 1. The fourth-order valence-electron chi connectivity index (χ4n) is 2.55. The molecule has 0 bridgehead atoms. The van der Waals surface area contributed by atoms with E-state index < -0.39 is 11.3 Å². The minimum absolute atomic E-state index is 0.376. The first-order valence-electron chi connectivity index (χ1n) is 6.99. The van der Waals surface area contributed by atoms with Gasteiger partial charge in [-0.05, 0) is 24.9 Å². The van der Waals surface area contributed by atoms with Crippen LogP contribution in [0.3, 0.4) is 0 Å². The van der Waals surface area contributed by atoms with Gasteiger partial charge in [-0.3, -0.25) is 10.1 Å². The van der Waals surface area contributed by atoms with E-state index in [2.05, 4.69) is 5.32 Å². The smallest absolute Gasteiger partial charge is 0.208 e. The zero-order valence-electron chi connectivity index (χ0n) is 13.7. The molecular formula is C11H18B5NO4. The predicted molar refractivity (Wildman–Crippen MR) is 96.1 cm³/mol. The molecular weight excluding hydrogens is 264 g/mol. The topological polar surface area (TPSA) is 67.8 Å². The van der Waals surface area contributed by atoms with Crippen molar-refractivity contribution in [2.24, 2.45) is 0 Å². The third-order valence-corrected chi connectivity index (χ3v) is 4.05. The fraction of sp³-hybridized carbons (Fsp3) is 0.364. The molecule has 2 rings (SSSR count). The Hall–Kier alpha value is -1.27. The second-order valence-electron chi connectivity index (χ2n) is 6.16. The Labute approximate surface area is 129 Å². The van der Waals surface area contributed by atoms with Crippen LogP contribution in [0.4, 0.5) is 0 Å². The van der Waals surface area contributed by atoms with Gasteiger partial charge in [0.1, 0.15) is 23.5 Å². The summed E-state index contributed by atoms with van der Waals surface area (Å²) in [7, 11) is 10.8. The zero-order chi connectivity index (χ0) is 16.2. The van der Waals surface area contributed by atoms with Crippen LogP contribution in [0.25, 0.3) is 0 Å². The van der Waals surface area contributed by atoms with Gasteiger partial charge in [0, 0.05) is 5.56 Å². The number of hydrogen-bond acceptors (Lipinski definition) is 5. The molecule has 0 saturated heterocycles. The molecule has 0 amide bonds. The summed E-state index contributed by atoms with van der Waals surface area (Å²) in [5.74, 6) is 0.883. The van der Waals surface area contributed by atoms with Crippen LogP contribution in [0.2, 0.25) is 0 Å². The Bertz CT molecular complexity index is 632. The van der Waals surface area contributed by atoms with Crippen LogP contribution < -0.4 is 31.2 Å². The van der Waals surface area contributed by atoms with Crippen molar-refractivity contribution < 1.29 is 19.4 Å². The first kappa shape index (κ1) is 16.1.